The predicted octanol–water partition coefficient (Wildman–Crippen LogP) is 9.14. The first-order chi connectivity index (χ1) is 17.0. The van der Waals surface area contributed by atoms with Crippen molar-refractivity contribution in [3.8, 4) is 0 Å². The second-order valence-electron chi connectivity index (χ2n) is 10.6. The van der Waals surface area contributed by atoms with Crippen molar-refractivity contribution in [1.82, 2.24) is 5.32 Å². The number of hydrogen-bond acceptors (Lipinski definition) is 2. The fraction of sp³-hybridized carbons (Fsp3) is 0.636. The summed E-state index contributed by atoms with van der Waals surface area (Å²) >= 11 is 0. The molecular formula is C33H54N2. The zero-order valence-corrected chi connectivity index (χ0v) is 23.4. The van der Waals surface area contributed by atoms with E-state index < -0.39 is 0 Å². The first-order valence-corrected chi connectivity index (χ1v) is 14.6. The van der Waals surface area contributed by atoms with Crippen LogP contribution in [0.2, 0.25) is 0 Å². The van der Waals surface area contributed by atoms with Gasteiger partial charge in [0.05, 0.1) is 0 Å². The summed E-state index contributed by atoms with van der Waals surface area (Å²) in [4.78, 5) is 0. The van der Waals surface area contributed by atoms with Crippen LogP contribution in [0.4, 0.5) is 0 Å². The number of allylic oxidation sites excluding steroid dienone is 3. The summed E-state index contributed by atoms with van der Waals surface area (Å²) in [7, 11) is 0. The predicted molar refractivity (Wildman–Crippen MR) is 156 cm³/mol. The Morgan fingerprint density at radius 3 is 2.49 bits per heavy atom. The summed E-state index contributed by atoms with van der Waals surface area (Å²) in [5.41, 5.74) is 13.1. The van der Waals surface area contributed by atoms with Crippen molar-refractivity contribution in [1.29, 1.82) is 0 Å². The van der Waals surface area contributed by atoms with Crippen molar-refractivity contribution in [2.45, 2.75) is 117 Å². The monoisotopic (exact) mass is 478 g/mol. The molecule has 0 aliphatic heterocycles. The molecule has 0 bridgehead atoms. The third-order valence-electron chi connectivity index (χ3n) is 8.18. The number of fused-ring (bicyclic) bond motifs is 3. The highest BCUT2D eigenvalue weighted by Crippen LogP contribution is 2.50. The molecular weight excluding hydrogens is 424 g/mol. The van der Waals surface area contributed by atoms with Crippen molar-refractivity contribution < 1.29 is 0 Å². The van der Waals surface area contributed by atoms with E-state index in [0.717, 1.165) is 43.3 Å². The van der Waals surface area contributed by atoms with Crippen LogP contribution in [-0.2, 0) is 6.42 Å². The van der Waals surface area contributed by atoms with Crippen LogP contribution in [0.5, 0.6) is 0 Å². The quantitative estimate of drug-likeness (QED) is 0.347. The van der Waals surface area contributed by atoms with Gasteiger partial charge in [-0.05, 0) is 85.8 Å². The number of nitrogens with one attached hydrogen (secondary N) is 1. The number of rotatable bonds is 9. The molecule has 2 saturated carbocycles. The maximum atomic E-state index is 6.12. The lowest BCUT2D eigenvalue weighted by atomic mass is 9.87. The van der Waals surface area contributed by atoms with Crippen LogP contribution in [-0.4, -0.2) is 6.54 Å². The maximum absolute atomic E-state index is 6.12. The standard InChI is InChI=1S/C23H32N2.C8H16.C2H6/c1-4-6-17(9-10-21(24)15-25-5-2)18-7-8-19-13-20-11-16(3)12-22(20)23(19)14-18;1-2-8-6-4-3-5-7-8;1-2/h4,7-8,14-15,17,20,22,25H,1,3,5-6,9-13,24H2,2H3;8H,2-7H2,1H3;1-2H3/b21-15-;;. The first kappa shape index (κ1) is 29.3. The van der Waals surface area contributed by atoms with Gasteiger partial charge in [-0.2, -0.15) is 0 Å². The summed E-state index contributed by atoms with van der Waals surface area (Å²) in [6.07, 6.45) is 19.6. The summed E-state index contributed by atoms with van der Waals surface area (Å²) in [6, 6.07) is 7.20. The van der Waals surface area contributed by atoms with E-state index in [1.54, 1.807) is 11.1 Å². The van der Waals surface area contributed by atoms with E-state index in [2.05, 4.69) is 50.5 Å². The normalized spacial score (nSPS) is 22.2. The molecule has 4 rings (SSSR count). The van der Waals surface area contributed by atoms with Crippen molar-refractivity contribution in [3.05, 3.63) is 71.6 Å². The third-order valence-corrected chi connectivity index (χ3v) is 8.18. The second kappa shape index (κ2) is 15.9. The summed E-state index contributed by atoms with van der Waals surface area (Å²) < 4.78 is 0. The molecule has 0 saturated heterocycles. The van der Waals surface area contributed by atoms with Crippen LogP contribution >= 0.6 is 0 Å². The van der Waals surface area contributed by atoms with Gasteiger partial charge in [0.2, 0.25) is 0 Å². The Hall–Kier alpha value is -1.96. The molecule has 1 aromatic carbocycles. The molecule has 35 heavy (non-hydrogen) atoms. The molecule has 0 spiro atoms. The summed E-state index contributed by atoms with van der Waals surface area (Å²) in [6.45, 7) is 17.5. The van der Waals surface area contributed by atoms with Gasteiger partial charge in [0.25, 0.3) is 0 Å². The lowest BCUT2D eigenvalue weighted by molar-refractivity contribution is 0.349. The summed E-state index contributed by atoms with van der Waals surface area (Å²) in [5, 5.41) is 3.19. The van der Waals surface area contributed by atoms with E-state index in [1.807, 2.05) is 26.1 Å². The fourth-order valence-corrected chi connectivity index (χ4v) is 6.20. The minimum Gasteiger partial charge on any atom is -0.401 e. The molecule has 3 aliphatic carbocycles. The molecule has 0 heterocycles. The highest BCUT2D eigenvalue weighted by molar-refractivity contribution is 5.43. The first-order valence-electron chi connectivity index (χ1n) is 14.6. The Labute approximate surface area is 217 Å². The van der Waals surface area contributed by atoms with E-state index in [-0.39, 0.29) is 0 Å². The molecule has 2 nitrogen and oxygen atoms in total. The number of benzene rings is 1. The van der Waals surface area contributed by atoms with Gasteiger partial charge in [-0.25, -0.2) is 0 Å². The van der Waals surface area contributed by atoms with Gasteiger partial charge in [-0.15, -0.1) is 6.58 Å². The van der Waals surface area contributed by atoms with Crippen LogP contribution in [0, 0.1) is 11.8 Å². The lowest BCUT2D eigenvalue weighted by Crippen LogP contribution is -2.10. The molecule has 3 N–H and O–H groups in total. The smallest absolute Gasteiger partial charge is 0.0240 e. The number of hydrogen-bond donors (Lipinski definition) is 2. The zero-order valence-electron chi connectivity index (χ0n) is 23.4. The average molecular weight is 479 g/mol. The highest BCUT2D eigenvalue weighted by atomic mass is 14.8. The van der Waals surface area contributed by atoms with Crippen molar-refractivity contribution >= 4 is 0 Å². The largest absolute Gasteiger partial charge is 0.401 e. The molecule has 196 valence electrons. The maximum Gasteiger partial charge on any atom is 0.0240 e. The van der Waals surface area contributed by atoms with E-state index in [9.17, 15) is 0 Å². The molecule has 3 atom stereocenters. The van der Waals surface area contributed by atoms with E-state index in [4.69, 9.17) is 5.73 Å². The zero-order chi connectivity index (χ0) is 25.6. The van der Waals surface area contributed by atoms with Gasteiger partial charge < -0.3 is 11.1 Å². The molecule has 2 fully saturated rings. The minimum absolute atomic E-state index is 0.500. The van der Waals surface area contributed by atoms with E-state index in [0.29, 0.717) is 11.8 Å². The molecule has 0 aromatic heterocycles. The Balaban J connectivity index is 0.000000363. The topological polar surface area (TPSA) is 38.0 Å². The average Bonchev–Trinajstić information content (AvgIpc) is 3.42. The van der Waals surface area contributed by atoms with E-state index in [1.165, 1.54) is 68.9 Å². The van der Waals surface area contributed by atoms with Crippen LogP contribution < -0.4 is 11.1 Å². The van der Waals surface area contributed by atoms with Crippen molar-refractivity contribution in [2.75, 3.05) is 6.54 Å². The Morgan fingerprint density at radius 2 is 1.86 bits per heavy atom. The van der Waals surface area contributed by atoms with Crippen molar-refractivity contribution in [2.24, 2.45) is 17.6 Å². The van der Waals surface area contributed by atoms with Gasteiger partial charge in [0, 0.05) is 18.4 Å². The van der Waals surface area contributed by atoms with Gasteiger partial charge in [0.1, 0.15) is 0 Å². The minimum atomic E-state index is 0.500. The molecule has 0 amide bonds. The molecule has 3 aliphatic rings. The Kier molecular flexibility index (Phi) is 13.3. The second-order valence-corrected chi connectivity index (χ2v) is 10.6. The van der Waals surface area contributed by atoms with E-state index >= 15 is 0 Å². The Bertz CT molecular complexity index is 799. The summed E-state index contributed by atoms with van der Waals surface area (Å²) in [5.74, 6) is 3.10. The molecule has 3 unspecified atom stereocenters. The van der Waals surface area contributed by atoms with Gasteiger partial charge in [0.15, 0.2) is 0 Å². The van der Waals surface area contributed by atoms with Crippen LogP contribution in [0.3, 0.4) is 0 Å². The van der Waals surface area contributed by atoms with Gasteiger partial charge in [-0.3, -0.25) is 0 Å². The van der Waals surface area contributed by atoms with Crippen molar-refractivity contribution in [3.63, 3.8) is 0 Å². The molecule has 1 aromatic rings. The Morgan fingerprint density at radius 1 is 1.11 bits per heavy atom. The number of nitrogens with two attached hydrogens (primary N) is 1. The molecule has 0 radical (unpaired) electrons. The van der Waals surface area contributed by atoms with Gasteiger partial charge in [-0.1, -0.05) is 95.7 Å². The van der Waals surface area contributed by atoms with Crippen LogP contribution in [0.15, 0.2) is 54.9 Å². The SMILES string of the molecule is C=CCC(CC/C(N)=C/NCC)c1ccc2c(c1)C1CC(=C)CC1C2.CC.CCC1CCCCC1. The van der Waals surface area contributed by atoms with Crippen LogP contribution in [0.1, 0.15) is 127 Å². The fourth-order valence-electron chi connectivity index (χ4n) is 6.20. The molecule has 2 heteroatoms. The van der Waals surface area contributed by atoms with Gasteiger partial charge >= 0.3 is 0 Å². The third kappa shape index (κ3) is 8.89. The highest BCUT2D eigenvalue weighted by Gasteiger charge is 2.37. The van der Waals surface area contributed by atoms with Crippen LogP contribution in [0.25, 0.3) is 0 Å². The lowest BCUT2D eigenvalue weighted by Gasteiger charge is -2.18.